The number of hydrogen-bond donors (Lipinski definition) is 2. The third-order valence-electron chi connectivity index (χ3n) is 3.56. The number of carbonyl (C=O) groups excluding carboxylic acids is 1. The Morgan fingerprint density at radius 1 is 1.33 bits per heavy atom. The van der Waals surface area contributed by atoms with Gasteiger partial charge in [-0.1, -0.05) is 0 Å². The Balaban J connectivity index is 1.95. The molecule has 1 unspecified atom stereocenters. The van der Waals surface area contributed by atoms with Crippen molar-refractivity contribution in [3.05, 3.63) is 0 Å². The van der Waals surface area contributed by atoms with Crippen LogP contribution in [-0.2, 0) is 4.79 Å². The Bertz CT molecular complexity index is 207. The van der Waals surface area contributed by atoms with Gasteiger partial charge in [0.15, 0.2) is 0 Å². The van der Waals surface area contributed by atoms with E-state index in [4.69, 9.17) is 11.5 Å². The Labute approximate surface area is 72.5 Å². The maximum atomic E-state index is 10.9. The van der Waals surface area contributed by atoms with Crippen molar-refractivity contribution in [1.82, 2.24) is 0 Å². The van der Waals surface area contributed by atoms with Crippen LogP contribution in [0.15, 0.2) is 0 Å². The highest BCUT2D eigenvalue weighted by atomic mass is 16.1. The lowest BCUT2D eigenvalue weighted by molar-refractivity contribution is -0.120. The van der Waals surface area contributed by atoms with Crippen LogP contribution in [0, 0.1) is 11.3 Å². The summed E-state index contributed by atoms with van der Waals surface area (Å²) in [5.74, 6) is 0.0653. The molecule has 0 aromatic carbocycles. The molecule has 0 saturated heterocycles. The minimum atomic E-state index is -0.106. The summed E-state index contributed by atoms with van der Waals surface area (Å²) in [6.07, 6.45) is 5.40. The average molecular weight is 168 g/mol. The van der Waals surface area contributed by atoms with E-state index >= 15 is 0 Å². The molecule has 0 radical (unpaired) electrons. The van der Waals surface area contributed by atoms with Crippen LogP contribution in [0.1, 0.15) is 32.1 Å². The monoisotopic (exact) mass is 168 g/mol. The predicted molar refractivity (Wildman–Crippen MR) is 46.2 cm³/mol. The first kappa shape index (κ1) is 8.05. The number of amides is 1. The largest absolute Gasteiger partial charge is 0.369 e. The molecule has 0 aromatic heterocycles. The minimum Gasteiger partial charge on any atom is -0.369 e. The molecule has 0 aromatic rings. The van der Waals surface area contributed by atoms with Crippen molar-refractivity contribution < 1.29 is 4.79 Å². The summed E-state index contributed by atoms with van der Waals surface area (Å²) in [5, 5.41) is 0. The van der Waals surface area contributed by atoms with Crippen molar-refractivity contribution in [2.45, 2.75) is 38.1 Å². The van der Waals surface area contributed by atoms with E-state index in [1.165, 1.54) is 0 Å². The summed E-state index contributed by atoms with van der Waals surface area (Å²) >= 11 is 0. The summed E-state index contributed by atoms with van der Waals surface area (Å²) in [6.45, 7) is 0. The van der Waals surface area contributed by atoms with Crippen molar-refractivity contribution >= 4 is 5.91 Å². The summed E-state index contributed by atoms with van der Waals surface area (Å²) < 4.78 is 0. The van der Waals surface area contributed by atoms with Crippen molar-refractivity contribution in [3.63, 3.8) is 0 Å². The highest BCUT2D eigenvalue weighted by Crippen LogP contribution is 2.60. The second-order valence-electron chi connectivity index (χ2n) is 4.36. The third kappa shape index (κ3) is 1.12. The average Bonchev–Trinajstić information content (AvgIpc) is 2.72. The normalized spacial score (nSPS) is 46.1. The molecule has 2 saturated carbocycles. The second kappa shape index (κ2) is 2.46. The molecule has 3 nitrogen and oxygen atoms in total. The zero-order chi connectivity index (χ0) is 8.77. The van der Waals surface area contributed by atoms with Gasteiger partial charge >= 0.3 is 0 Å². The van der Waals surface area contributed by atoms with Crippen molar-refractivity contribution in [3.8, 4) is 0 Å². The lowest BCUT2D eigenvalue weighted by atomic mass is 9.82. The maximum absolute atomic E-state index is 10.9. The van der Waals surface area contributed by atoms with Gasteiger partial charge < -0.3 is 11.5 Å². The molecule has 1 spiro atoms. The molecule has 0 heterocycles. The summed E-state index contributed by atoms with van der Waals surface area (Å²) in [4.78, 5) is 10.9. The first-order valence-electron chi connectivity index (χ1n) is 4.69. The van der Waals surface area contributed by atoms with Crippen LogP contribution in [0.3, 0.4) is 0 Å². The van der Waals surface area contributed by atoms with Gasteiger partial charge in [0.05, 0.1) is 0 Å². The molecule has 3 heteroatoms. The molecular formula is C9H16N2O. The van der Waals surface area contributed by atoms with Gasteiger partial charge in [-0.2, -0.15) is 0 Å². The van der Waals surface area contributed by atoms with Crippen LogP contribution in [0.5, 0.6) is 0 Å². The number of nitrogens with two attached hydrogens (primary N) is 2. The van der Waals surface area contributed by atoms with E-state index in [2.05, 4.69) is 0 Å². The van der Waals surface area contributed by atoms with Gasteiger partial charge in [0.25, 0.3) is 0 Å². The summed E-state index contributed by atoms with van der Waals surface area (Å²) in [6, 6.07) is 0.366. The van der Waals surface area contributed by atoms with Crippen molar-refractivity contribution in [2.75, 3.05) is 0 Å². The fourth-order valence-electron chi connectivity index (χ4n) is 2.52. The number of rotatable bonds is 1. The van der Waals surface area contributed by atoms with E-state index in [0.717, 1.165) is 32.1 Å². The van der Waals surface area contributed by atoms with E-state index in [0.29, 0.717) is 11.5 Å². The Hall–Kier alpha value is -0.570. The molecule has 4 N–H and O–H groups in total. The van der Waals surface area contributed by atoms with Crippen molar-refractivity contribution in [2.24, 2.45) is 22.8 Å². The Morgan fingerprint density at radius 3 is 2.33 bits per heavy atom. The van der Waals surface area contributed by atoms with Crippen LogP contribution in [0.4, 0.5) is 0 Å². The zero-order valence-corrected chi connectivity index (χ0v) is 7.25. The van der Waals surface area contributed by atoms with E-state index in [1.54, 1.807) is 0 Å². The molecule has 2 fully saturated rings. The van der Waals surface area contributed by atoms with Crippen LogP contribution < -0.4 is 11.5 Å². The van der Waals surface area contributed by atoms with Gasteiger partial charge in [-0.15, -0.1) is 0 Å². The first-order chi connectivity index (χ1) is 5.64. The minimum absolute atomic E-state index is 0.106. The Morgan fingerprint density at radius 2 is 1.92 bits per heavy atom. The summed E-state index contributed by atoms with van der Waals surface area (Å²) in [5.41, 5.74) is 11.4. The quantitative estimate of drug-likeness (QED) is 0.594. The van der Waals surface area contributed by atoms with Gasteiger partial charge in [0.1, 0.15) is 0 Å². The van der Waals surface area contributed by atoms with Gasteiger partial charge in [0, 0.05) is 12.0 Å². The molecule has 2 aliphatic carbocycles. The predicted octanol–water partition coefficient (Wildman–Crippen LogP) is 0.379. The number of carbonyl (C=O) groups is 1. The standard InChI is InChI=1S/C9H16N2O/c10-6-1-3-9(4-2-6)5-7(9)8(11)12/h6-7H,1-5,10H2,(H2,11,12). The zero-order valence-electron chi connectivity index (χ0n) is 7.25. The highest BCUT2D eigenvalue weighted by molar-refractivity contribution is 5.80. The lowest BCUT2D eigenvalue weighted by Gasteiger charge is -2.26. The molecule has 68 valence electrons. The third-order valence-corrected chi connectivity index (χ3v) is 3.56. The van der Waals surface area contributed by atoms with Crippen LogP contribution >= 0.6 is 0 Å². The molecule has 2 rings (SSSR count). The fraction of sp³-hybridized carbons (Fsp3) is 0.889. The molecule has 1 amide bonds. The lowest BCUT2D eigenvalue weighted by Crippen LogP contribution is -2.29. The maximum Gasteiger partial charge on any atom is 0.221 e. The highest BCUT2D eigenvalue weighted by Gasteiger charge is 2.57. The van der Waals surface area contributed by atoms with Crippen molar-refractivity contribution in [1.29, 1.82) is 0 Å². The molecular weight excluding hydrogens is 152 g/mol. The topological polar surface area (TPSA) is 69.1 Å². The van der Waals surface area contributed by atoms with E-state index < -0.39 is 0 Å². The van der Waals surface area contributed by atoms with Gasteiger partial charge in [0.2, 0.25) is 5.91 Å². The number of hydrogen-bond acceptors (Lipinski definition) is 2. The van der Waals surface area contributed by atoms with E-state index in [1.807, 2.05) is 0 Å². The molecule has 1 atom stereocenters. The summed E-state index contributed by atoms with van der Waals surface area (Å²) in [7, 11) is 0. The van der Waals surface area contributed by atoms with Gasteiger partial charge in [-0.3, -0.25) is 4.79 Å². The second-order valence-corrected chi connectivity index (χ2v) is 4.36. The van der Waals surface area contributed by atoms with E-state index in [-0.39, 0.29) is 11.8 Å². The SMILES string of the molecule is NC(=O)C1CC12CCC(N)CC2. The van der Waals surface area contributed by atoms with Crippen LogP contribution in [-0.4, -0.2) is 11.9 Å². The van der Waals surface area contributed by atoms with Gasteiger partial charge in [-0.25, -0.2) is 0 Å². The van der Waals surface area contributed by atoms with Crippen LogP contribution in [0.2, 0.25) is 0 Å². The molecule has 0 aliphatic heterocycles. The number of primary amides is 1. The van der Waals surface area contributed by atoms with E-state index in [9.17, 15) is 4.79 Å². The molecule has 0 bridgehead atoms. The Kier molecular flexibility index (Phi) is 1.65. The first-order valence-corrected chi connectivity index (χ1v) is 4.69. The molecule has 2 aliphatic rings. The smallest absolute Gasteiger partial charge is 0.221 e. The fourth-order valence-corrected chi connectivity index (χ4v) is 2.52. The van der Waals surface area contributed by atoms with Gasteiger partial charge in [-0.05, 0) is 37.5 Å². The van der Waals surface area contributed by atoms with Crippen LogP contribution in [0.25, 0.3) is 0 Å². The molecule has 12 heavy (non-hydrogen) atoms.